The summed E-state index contributed by atoms with van der Waals surface area (Å²) in [5.41, 5.74) is 2.98. The lowest BCUT2D eigenvalue weighted by Gasteiger charge is -2.23. The number of halogens is 1. The molecule has 1 heterocycles. The van der Waals surface area contributed by atoms with E-state index in [-0.39, 0.29) is 29.6 Å². The topological polar surface area (TPSA) is 74.3 Å². The fraction of sp³-hybridized carbons (Fsp3) is 0.391. The minimum Gasteiger partial charge on any atom is -0.488 e. The van der Waals surface area contributed by atoms with Crippen LogP contribution in [0.1, 0.15) is 38.6 Å². The molecule has 0 atom stereocenters. The van der Waals surface area contributed by atoms with Crippen LogP contribution in [-0.2, 0) is 13.0 Å². The summed E-state index contributed by atoms with van der Waals surface area (Å²) in [6, 6.07) is 16.2. The molecule has 30 heavy (non-hydrogen) atoms. The van der Waals surface area contributed by atoms with Gasteiger partial charge in [0.1, 0.15) is 17.2 Å². The number of nitrogens with zero attached hydrogens (tertiary/aromatic N) is 2. The largest absolute Gasteiger partial charge is 0.488 e. The molecule has 0 aliphatic rings. The highest BCUT2D eigenvalue weighted by atomic mass is 127. The Bertz CT molecular complexity index is 928. The highest BCUT2D eigenvalue weighted by molar-refractivity contribution is 14.0. The molecule has 7 heteroatoms. The molecule has 0 amide bonds. The highest BCUT2D eigenvalue weighted by Crippen LogP contribution is 2.22. The third kappa shape index (κ3) is 7.19. The van der Waals surface area contributed by atoms with Gasteiger partial charge in [-0.2, -0.15) is 0 Å². The predicted molar refractivity (Wildman–Crippen MR) is 135 cm³/mol. The third-order valence-electron chi connectivity index (χ3n) is 4.38. The average molecular weight is 521 g/mol. The molecule has 3 N–H and O–H groups in total. The number of hydrogen-bond donors (Lipinski definition) is 3. The molecule has 0 saturated carbocycles. The molecular weight excluding hydrogens is 489 g/mol. The Morgan fingerprint density at radius 2 is 1.80 bits per heavy atom. The second-order valence-electron chi connectivity index (χ2n) is 7.98. The van der Waals surface area contributed by atoms with Crippen LogP contribution < -0.4 is 15.4 Å². The van der Waals surface area contributed by atoms with Gasteiger partial charge in [-0.25, -0.2) is 4.98 Å². The van der Waals surface area contributed by atoms with Crippen molar-refractivity contribution in [3.63, 3.8) is 0 Å². The first-order chi connectivity index (χ1) is 13.9. The summed E-state index contributed by atoms with van der Waals surface area (Å²) in [5.74, 6) is 2.69. The van der Waals surface area contributed by atoms with Gasteiger partial charge in [-0.05, 0) is 45.4 Å². The van der Waals surface area contributed by atoms with Crippen LogP contribution in [0.2, 0.25) is 0 Å². The lowest BCUT2D eigenvalue weighted by Crippen LogP contribution is -2.37. The third-order valence-corrected chi connectivity index (χ3v) is 4.38. The molecule has 0 spiro atoms. The Morgan fingerprint density at radius 1 is 1.07 bits per heavy atom. The Morgan fingerprint density at radius 3 is 2.53 bits per heavy atom. The number of H-pyrrole nitrogens is 1. The number of rotatable bonds is 7. The average Bonchev–Trinajstić information content (AvgIpc) is 3.10. The molecule has 2 aromatic carbocycles. The molecule has 162 valence electrons. The van der Waals surface area contributed by atoms with E-state index in [1.165, 1.54) is 0 Å². The van der Waals surface area contributed by atoms with E-state index in [4.69, 9.17) is 4.74 Å². The maximum atomic E-state index is 6.06. The zero-order valence-corrected chi connectivity index (χ0v) is 20.5. The number of imidazole rings is 1. The van der Waals surface area contributed by atoms with Crippen LogP contribution in [0.15, 0.2) is 53.5 Å². The smallest absolute Gasteiger partial charge is 0.191 e. The number of benzene rings is 2. The molecule has 0 bridgehead atoms. The van der Waals surface area contributed by atoms with Crippen molar-refractivity contribution < 1.29 is 4.74 Å². The zero-order chi connectivity index (χ0) is 20.7. The summed E-state index contributed by atoms with van der Waals surface area (Å²) in [6.45, 7) is 7.63. The van der Waals surface area contributed by atoms with E-state index in [0.717, 1.165) is 53.5 Å². The van der Waals surface area contributed by atoms with Gasteiger partial charge in [0.2, 0.25) is 0 Å². The van der Waals surface area contributed by atoms with E-state index < -0.39 is 0 Å². The lowest BCUT2D eigenvalue weighted by atomic mass is 10.1. The Balaban J connectivity index is 0.00000320. The van der Waals surface area contributed by atoms with Crippen molar-refractivity contribution in [2.75, 3.05) is 13.6 Å². The summed E-state index contributed by atoms with van der Waals surface area (Å²) in [4.78, 5) is 12.3. The van der Waals surface area contributed by atoms with Crippen molar-refractivity contribution in [2.24, 2.45) is 4.99 Å². The molecule has 0 saturated heterocycles. The number of ether oxygens (including phenoxy) is 1. The van der Waals surface area contributed by atoms with E-state index >= 15 is 0 Å². The minimum absolute atomic E-state index is 0. The molecule has 6 nitrogen and oxygen atoms in total. The number of para-hydroxylation sites is 3. The van der Waals surface area contributed by atoms with Crippen molar-refractivity contribution >= 4 is 41.0 Å². The summed E-state index contributed by atoms with van der Waals surface area (Å²) >= 11 is 0. The summed E-state index contributed by atoms with van der Waals surface area (Å²) in [6.07, 6.45) is 1.85. The number of hydrogen-bond acceptors (Lipinski definition) is 3. The van der Waals surface area contributed by atoms with Gasteiger partial charge in [0, 0.05) is 32.1 Å². The van der Waals surface area contributed by atoms with E-state index in [1.807, 2.05) is 36.4 Å². The van der Waals surface area contributed by atoms with Crippen LogP contribution in [0.4, 0.5) is 0 Å². The van der Waals surface area contributed by atoms with Crippen LogP contribution in [-0.4, -0.2) is 35.1 Å². The van der Waals surface area contributed by atoms with E-state index in [1.54, 1.807) is 7.05 Å². The summed E-state index contributed by atoms with van der Waals surface area (Å²) in [7, 11) is 1.78. The van der Waals surface area contributed by atoms with Gasteiger partial charge in [0.25, 0.3) is 0 Å². The van der Waals surface area contributed by atoms with E-state index in [9.17, 15) is 0 Å². The minimum atomic E-state index is -0.229. The first-order valence-electron chi connectivity index (χ1n) is 10.1. The fourth-order valence-electron chi connectivity index (χ4n) is 3.07. The predicted octanol–water partition coefficient (Wildman–Crippen LogP) is 4.66. The first kappa shape index (κ1) is 24.0. The van der Waals surface area contributed by atoms with Crippen molar-refractivity contribution in [3.05, 3.63) is 59.9 Å². The molecule has 0 radical (unpaired) electrons. The molecular formula is C23H32IN5O. The number of fused-ring (bicyclic) bond motifs is 1. The van der Waals surface area contributed by atoms with Gasteiger partial charge in [0.15, 0.2) is 5.96 Å². The van der Waals surface area contributed by atoms with Crippen molar-refractivity contribution in [2.45, 2.75) is 45.8 Å². The molecule has 0 aliphatic carbocycles. The Labute approximate surface area is 196 Å². The van der Waals surface area contributed by atoms with Gasteiger partial charge >= 0.3 is 0 Å². The van der Waals surface area contributed by atoms with Crippen LogP contribution in [0.5, 0.6) is 5.75 Å². The highest BCUT2D eigenvalue weighted by Gasteiger charge is 2.14. The Hall–Kier alpha value is -2.29. The van der Waals surface area contributed by atoms with Gasteiger partial charge in [-0.15, -0.1) is 24.0 Å². The maximum absolute atomic E-state index is 6.06. The van der Waals surface area contributed by atoms with Gasteiger partial charge in [-0.3, -0.25) is 4.99 Å². The SMILES string of the molecule is CN=C(NCCCc1nc2ccccc2[nH]1)NCc1ccccc1OC(C)(C)C.I. The standard InChI is InChI=1S/C23H31N5O.HI/c1-23(2,3)29-20-13-8-5-10-17(20)16-26-22(24-4)25-15-9-14-21-27-18-11-6-7-12-19(18)28-21;/h5-8,10-13H,9,14-16H2,1-4H3,(H,27,28)(H2,24,25,26);1H. The molecule has 0 fully saturated rings. The molecule has 0 aliphatic heterocycles. The number of nitrogens with one attached hydrogen (secondary N) is 3. The van der Waals surface area contributed by atoms with E-state index in [0.29, 0.717) is 6.54 Å². The number of aromatic nitrogens is 2. The van der Waals surface area contributed by atoms with E-state index in [2.05, 4.69) is 58.5 Å². The van der Waals surface area contributed by atoms with Gasteiger partial charge < -0.3 is 20.4 Å². The molecule has 0 unspecified atom stereocenters. The van der Waals surface area contributed by atoms with Crippen LogP contribution in [0.3, 0.4) is 0 Å². The Kier molecular flexibility index (Phi) is 8.95. The summed E-state index contributed by atoms with van der Waals surface area (Å²) in [5, 5.41) is 6.74. The number of aliphatic imine (C=N–C) groups is 1. The number of guanidine groups is 1. The van der Waals surface area contributed by atoms with Crippen LogP contribution in [0.25, 0.3) is 11.0 Å². The van der Waals surface area contributed by atoms with Gasteiger partial charge in [0.05, 0.1) is 11.0 Å². The number of aromatic amines is 1. The molecule has 1 aromatic heterocycles. The maximum Gasteiger partial charge on any atom is 0.191 e. The van der Waals surface area contributed by atoms with Crippen molar-refractivity contribution in [3.8, 4) is 5.75 Å². The quantitative estimate of drug-likeness (QED) is 0.183. The molecule has 3 aromatic rings. The fourth-order valence-corrected chi connectivity index (χ4v) is 3.07. The van der Waals surface area contributed by atoms with Crippen LogP contribution >= 0.6 is 24.0 Å². The number of aryl methyl sites for hydroxylation is 1. The monoisotopic (exact) mass is 521 g/mol. The first-order valence-corrected chi connectivity index (χ1v) is 10.1. The van der Waals surface area contributed by atoms with Crippen molar-refractivity contribution in [1.82, 2.24) is 20.6 Å². The normalized spacial score (nSPS) is 11.8. The van der Waals surface area contributed by atoms with Crippen LogP contribution in [0, 0.1) is 0 Å². The van der Waals surface area contributed by atoms with Crippen molar-refractivity contribution in [1.29, 1.82) is 0 Å². The lowest BCUT2D eigenvalue weighted by molar-refractivity contribution is 0.129. The second-order valence-corrected chi connectivity index (χ2v) is 7.98. The zero-order valence-electron chi connectivity index (χ0n) is 18.2. The summed E-state index contributed by atoms with van der Waals surface area (Å²) < 4.78 is 6.06. The second kappa shape index (κ2) is 11.2. The molecule has 3 rings (SSSR count). The van der Waals surface area contributed by atoms with Gasteiger partial charge in [-0.1, -0.05) is 30.3 Å².